The van der Waals surface area contributed by atoms with Gasteiger partial charge in [-0.1, -0.05) is 18.2 Å². The van der Waals surface area contributed by atoms with Crippen LogP contribution in [-0.4, -0.2) is 41.5 Å². The summed E-state index contributed by atoms with van der Waals surface area (Å²) in [7, 11) is 0. The number of aromatic nitrogens is 5. The summed E-state index contributed by atoms with van der Waals surface area (Å²) in [6, 6.07) is 12.9. The first-order valence-corrected chi connectivity index (χ1v) is 9.76. The SMILES string of the molecule is O=C(CCn1cnc2ccccc2c1=O)N1CCC[C@H]1c1nnc2ccccn12. The fraction of sp³-hybridized carbons (Fsp3) is 0.286. The molecule has 29 heavy (non-hydrogen) atoms. The van der Waals surface area contributed by atoms with Crippen molar-refractivity contribution in [3.8, 4) is 0 Å². The molecule has 1 amide bonds. The van der Waals surface area contributed by atoms with Gasteiger partial charge in [-0.3, -0.25) is 18.6 Å². The van der Waals surface area contributed by atoms with Gasteiger partial charge in [0.2, 0.25) is 5.91 Å². The van der Waals surface area contributed by atoms with Crippen molar-refractivity contribution in [2.75, 3.05) is 6.54 Å². The number of hydrogen-bond donors (Lipinski definition) is 0. The molecular formula is C21H20N6O2. The highest BCUT2D eigenvalue weighted by molar-refractivity contribution is 5.78. The Kier molecular flexibility index (Phi) is 4.31. The largest absolute Gasteiger partial charge is 0.332 e. The number of amides is 1. The summed E-state index contributed by atoms with van der Waals surface area (Å²) in [5, 5.41) is 9.11. The summed E-state index contributed by atoms with van der Waals surface area (Å²) in [4.78, 5) is 31.8. The zero-order chi connectivity index (χ0) is 19.8. The number of fused-ring (bicyclic) bond motifs is 2. The van der Waals surface area contributed by atoms with Crippen molar-refractivity contribution >= 4 is 22.5 Å². The van der Waals surface area contributed by atoms with Gasteiger partial charge >= 0.3 is 0 Å². The van der Waals surface area contributed by atoms with Gasteiger partial charge in [0.25, 0.3) is 5.56 Å². The highest BCUT2D eigenvalue weighted by Crippen LogP contribution is 2.31. The molecule has 5 rings (SSSR count). The van der Waals surface area contributed by atoms with Crippen LogP contribution in [0.4, 0.5) is 0 Å². The van der Waals surface area contributed by atoms with Crippen molar-refractivity contribution in [2.45, 2.75) is 31.8 Å². The van der Waals surface area contributed by atoms with E-state index in [0.717, 1.165) is 24.3 Å². The summed E-state index contributed by atoms with van der Waals surface area (Å²) < 4.78 is 3.45. The number of rotatable bonds is 4. The van der Waals surface area contributed by atoms with Gasteiger partial charge in [0.1, 0.15) is 0 Å². The van der Waals surface area contributed by atoms with E-state index in [1.54, 1.807) is 6.07 Å². The van der Waals surface area contributed by atoms with Crippen molar-refractivity contribution in [2.24, 2.45) is 0 Å². The Bertz CT molecular complexity index is 1260. The van der Waals surface area contributed by atoms with Crippen LogP contribution in [0.2, 0.25) is 0 Å². The predicted molar refractivity (Wildman–Crippen MR) is 107 cm³/mol. The first kappa shape index (κ1) is 17.5. The lowest BCUT2D eigenvalue weighted by Gasteiger charge is -2.23. The van der Waals surface area contributed by atoms with Gasteiger partial charge in [-0.05, 0) is 37.1 Å². The van der Waals surface area contributed by atoms with E-state index in [1.165, 1.54) is 10.9 Å². The van der Waals surface area contributed by atoms with Crippen molar-refractivity contribution in [1.29, 1.82) is 0 Å². The zero-order valence-electron chi connectivity index (χ0n) is 15.8. The van der Waals surface area contributed by atoms with Crippen LogP contribution >= 0.6 is 0 Å². The quantitative estimate of drug-likeness (QED) is 0.535. The Morgan fingerprint density at radius 1 is 1.10 bits per heavy atom. The Morgan fingerprint density at radius 2 is 1.97 bits per heavy atom. The number of para-hydroxylation sites is 1. The van der Waals surface area contributed by atoms with Crippen LogP contribution in [0.3, 0.4) is 0 Å². The molecule has 0 radical (unpaired) electrons. The molecular weight excluding hydrogens is 368 g/mol. The molecule has 1 fully saturated rings. The summed E-state index contributed by atoms with van der Waals surface area (Å²) in [6.07, 6.45) is 5.47. The van der Waals surface area contributed by atoms with E-state index < -0.39 is 0 Å². The summed E-state index contributed by atoms with van der Waals surface area (Å²) >= 11 is 0. The molecule has 1 aromatic carbocycles. The minimum atomic E-state index is -0.121. The summed E-state index contributed by atoms with van der Waals surface area (Å²) in [6.45, 7) is 0.995. The topological polar surface area (TPSA) is 85.4 Å². The molecule has 0 bridgehead atoms. The van der Waals surface area contributed by atoms with Gasteiger partial charge < -0.3 is 4.90 Å². The van der Waals surface area contributed by atoms with E-state index in [4.69, 9.17) is 0 Å². The maximum atomic E-state index is 13.0. The molecule has 0 N–H and O–H groups in total. The van der Waals surface area contributed by atoms with Crippen molar-refractivity contribution < 1.29 is 4.79 Å². The normalized spacial score (nSPS) is 16.7. The fourth-order valence-corrected chi connectivity index (χ4v) is 4.05. The number of nitrogens with zero attached hydrogens (tertiary/aromatic N) is 6. The second-order valence-electron chi connectivity index (χ2n) is 7.24. The predicted octanol–water partition coefficient (Wildman–Crippen LogP) is 2.19. The molecule has 0 unspecified atom stereocenters. The van der Waals surface area contributed by atoms with E-state index in [9.17, 15) is 9.59 Å². The van der Waals surface area contributed by atoms with E-state index >= 15 is 0 Å². The van der Waals surface area contributed by atoms with Gasteiger partial charge in [-0.25, -0.2) is 4.98 Å². The standard InChI is InChI=1S/C21H20N6O2/c28-19(10-13-25-14-22-16-7-2-1-6-15(16)21(25)29)26-12-5-8-17(26)20-24-23-18-9-3-4-11-27(18)20/h1-4,6-7,9,11,14,17H,5,8,10,12-13H2/t17-/m0/s1. The van der Waals surface area contributed by atoms with Gasteiger partial charge in [0.05, 0.1) is 23.3 Å². The average Bonchev–Trinajstić information content (AvgIpc) is 3.40. The van der Waals surface area contributed by atoms with E-state index in [0.29, 0.717) is 24.0 Å². The van der Waals surface area contributed by atoms with Gasteiger partial charge in [0.15, 0.2) is 11.5 Å². The maximum absolute atomic E-state index is 13.0. The van der Waals surface area contributed by atoms with Gasteiger partial charge in [-0.2, -0.15) is 0 Å². The van der Waals surface area contributed by atoms with Crippen molar-refractivity contribution in [3.63, 3.8) is 0 Å². The molecule has 1 aliphatic rings. The lowest BCUT2D eigenvalue weighted by molar-refractivity contribution is -0.132. The fourth-order valence-electron chi connectivity index (χ4n) is 4.05. The molecule has 8 nitrogen and oxygen atoms in total. The monoisotopic (exact) mass is 388 g/mol. The summed E-state index contributed by atoms with van der Waals surface area (Å²) in [5.41, 5.74) is 1.32. The van der Waals surface area contributed by atoms with E-state index in [2.05, 4.69) is 15.2 Å². The van der Waals surface area contributed by atoms with Crippen LogP contribution in [0, 0.1) is 0 Å². The number of carbonyl (C=O) groups excluding carboxylic acids is 1. The Morgan fingerprint density at radius 3 is 2.90 bits per heavy atom. The van der Waals surface area contributed by atoms with Crippen LogP contribution in [0.5, 0.6) is 0 Å². The third-order valence-corrected chi connectivity index (χ3v) is 5.51. The molecule has 1 atom stereocenters. The smallest absolute Gasteiger partial charge is 0.261 e. The Labute approximate surface area is 166 Å². The van der Waals surface area contributed by atoms with Crippen molar-refractivity contribution in [1.82, 2.24) is 29.0 Å². The van der Waals surface area contributed by atoms with Crippen LogP contribution in [0.15, 0.2) is 59.8 Å². The average molecular weight is 388 g/mol. The molecule has 146 valence electrons. The summed E-state index contributed by atoms with van der Waals surface area (Å²) in [5.74, 6) is 0.802. The third-order valence-electron chi connectivity index (χ3n) is 5.51. The first-order valence-electron chi connectivity index (χ1n) is 9.76. The molecule has 0 saturated carbocycles. The van der Waals surface area contributed by atoms with Gasteiger partial charge in [0, 0.05) is 25.7 Å². The molecule has 4 aromatic rings. The van der Waals surface area contributed by atoms with E-state index in [-0.39, 0.29) is 23.9 Å². The minimum Gasteiger partial charge on any atom is -0.332 e. The third kappa shape index (κ3) is 3.06. The van der Waals surface area contributed by atoms with Crippen LogP contribution in [-0.2, 0) is 11.3 Å². The van der Waals surface area contributed by atoms with Crippen LogP contribution in [0.25, 0.3) is 16.6 Å². The molecule has 0 aliphatic carbocycles. The Hall–Kier alpha value is -3.55. The zero-order valence-corrected chi connectivity index (χ0v) is 15.8. The molecule has 1 aliphatic heterocycles. The molecule has 8 heteroatoms. The molecule has 3 aromatic heterocycles. The molecule has 1 saturated heterocycles. The number of aryl methyl sites for hydroxylation is 1. The number of carbonyl (C=O) groups is 1. The second-order valence-corrected chi connectivity index (χ2v) is 7.24. The number of likely N-dealkylation sites (tertiary alicyclic amines) is 1. The maximum Gasteiger partial charge on any atom is 0.261 e. The number of hydrogen-bond acceptors (Lipinski definition) is 5. The Balaban J connectivity index is 1.35. The van der Waals surface area contributed by atoms with Gasteiger partial charge in [-0.15, -0.1) is 10.2 Å². The van der Waals surface area contributed by atoms with E-state index in [1.807, 2.05) is 51.9 Å². The minimum absolute atomic E-state index is 0.0141. The number of benzene rings is 1. The first-order chi connectivity index (χ1) is 14.2. The van der Waals surface area contributed by atoms with Crippen LogP contribution < -0.4 is 5.56 Å². The second kappa shape index (κ2) is 7.12. The lowest BCUT2D eigenvalue weighted by Crippen LogP contribution is -2.33. The van der Waals surface area contributed by atoms with Crippen LogP contribution in [0.1, 0.15) is 31.1 Å². The molecule has 0 spiro atoms. The van der Waals surface area contributed by atoms with Crippen molar-refractivity contribution in [3.05, 3.63) is 71.2 Å². The molecule has 4 heterocycles. The number of pyridine rings is 1. The lowest BCUT2D eigenvalue weighted by atomic mass is 10.2. The highest BCUT2D eigenvalue weighted by Gasteiger charge is 2.32. The highest BCUT2D eigenvalue weighted by atomic mass is 16.2.